The van der Waals surface area contributed by atoms with Crippen LogP contribution in [0.15, 0.2) is 30.5 Å². The summed E-state index contributed by atoms with van der Waals surface area (Å²) in [5.74, 6) is 0.321. The van der Waals surface area contributed by atoms with Gasteiger partial charge in [0.1, 0.15) is 11.6 Å². The number of benzene rings is 1. The van der Waals surface area contributed by atoms with Crippen LogP contribution in [0.3, 0.4) is 0 Å². The molecule has 3 nitrogen and oxygen atoms in total. The molecule has 0 aliphatic rings. The third-order valence-corrected chi connectivity index (χ3v) is 3.47. The highest BCUT2D eigenvalue weighted by Crippen LogP contribution is 2.19. The van der Waals surface area contributed by atoms with E-state index in [-0.39, 0.29) is 11.9 Å². The van der Waals surface area contributed by atoms with Crippen LogP contribution in [0.4, 0.5) is 4.39 Å². The zero-order valence-corrected chi connectivity index (χ0v) is 12.1. The van der Waals surface area contributed by atoms with Gasteiger partial charge in [0, 0.05) is 35.8 Å². The lowest BCUT2D eigenvalue weighted by Crippen LogP contribution is -2.22. The first-order valence-electron chi connectivity index (χ1n) is 6.58. The number of nitrogens with zero attached hydrogens (tertiary/aromatic N) is 2. The van der Waals surface area contributed by atoms with Crippen LogP contribution in [0.2, 0.25) is 5.02 Å². The maximum absolute atomic E-state index is 13.0. The molecule has 0 saturated carbocycles. The first-order valence-corrected chi connectivity index (χ1v) is 6.96. The normalized spacial score (nSPS) is 12.4. The first-order chi connectivity index (χ1) is 9.58. The number of hydrogen-bond acceptors (Lipinski definition) is 3. The third-order valence-electron chi connectivity index (χ3n) is 3.12. The molecule has 1 unspecified atom stereocenters. The van der Waals surface area contributed by atoms with Gasteiger partial charge in [-0.05, 0) is 30.2 Å². The van der Waals surface area contributed by atoms with Gasteiger partial charge in [0.15, 0.2) is 0 Å². The summed E-state index contributed by atoms with van der Waals surface area (Å²) in [5.41, 5.74) is 7.65. The summed E-state index contributed by atoms with van der Waals surface area (Å²) in [7, 11) is 0. The van der Waals surface area contributed by atoms with Crippen molar-refractivity contribution in [3.63, 3.8) is 0 Å². The average molecular weight is 294 g/mol. The topological polar surface area (TPSA) is 51.8 Å². The summed E-state index contributed by atoms with van der Waals surface area (Å²) < 4.78 is 13.0. The number of nitrogens with two attached hydrogens (primary N) is 1. The first kappa shape index (κ1) is 14.9. The van der Waals surface area contributed by atoms with E-state index >= 15 is 0 Å². The monoisotopic (exact) mass is 293 g/mol. The molecule has 106 valence electrons. The second-order valence-corrected chi connectivity index (χ2v) is 5.16. The highest BCUT2D eigenvalue weighted by molar-refractivity contribution is 6.31. The van der Waals surface area contributed by atoms with Crippen molar-refractivity contribution in [2.75, 3.05) is 0 Å². The zero-order chi connectivity index (χ0) is 14.5. The van der Waals surface area contributed by atoms with Gasteiger partial charge in [-0.15, -0.1) is 0 Å². The van der Waals surface area contributed by atoms with Crippen LogP contribution in [0.5, 0.6) is 0 Å². The molecule has 0 amide bonds. The van der Waals surface area contributed by atoms with Crippen LogP contribution < -0.4 is 5.73 Å². The summed E-state index contributed by atoms with van der Waals surface area (Å²) in [6.45, 7) is 2.05. The van der Waals surface area contributed by atoms with E-state index in [4.69, 9.17) is 17.3 Å². The molecular formula is C15H17ClFN3. The summed E-state index contributed by atoms with van der Waals surface area (Å²) >= 11 is 6.01. The van der Waals surface area contributed by atoms with E-state index in [1.807, 2.05) is 13.0 Å². The Hall–Kier alpha value is -1.52. The molecule has 2 rings (SSSR count). The Bertz CT molecular complexity index is 589. The minimum absolute atomic E-state index is 0.104. The molecule has 1 aromatic carbocycles. The smallest absolute Gasteiger partial charge is 0.132 e. The van der Waals surface area contributed by atoms with Crippen molar-refractivity contribution in [2.24, 2.45) is 5.73 Å². The largest absolute Gasteiger partial charge is 0.327 e. The summed E-state index contributed by atoms with van der Waals surface area (Å²) in [4.78, 5) is 8.70. The minimum atomic E-state index is -0.345. The lowest BCUT2D eigenvalue weighted by Gasteiger charge is -2.09. The lowest BCUT2D eigenvalue weighted by molar-refractivity contribution is 0.626. The van der Waals surface area contributed by atoms with Crippen LogP contribution >= 0.6 is 11.6 Å². The molecule has 1 aromatic heterocycles. The van der Waals surface area contributed by atoms with Crippen LogP contribution in [0.25, 0.3) is 0 Å². The van der Waals surface area contributed by atoms with Gasteiger partial charge >= 0.3 is 0 Å². The van der Waals surface area contributed by atoms with E-state index in [1.165, 1.54) is 12.1 Å². The highest BCUT2D eigenvalue weighted by atomic mass is 35.5. The maximum Gasteiger partial charge on any atom is 0.132 e. The van der Waals surface area contributed by atoms with Gasteiger partial charge in [0.05, 0.1) is 0 Å². The van der Waals surface area contributed by atoms with Crippen molar-refractivity contribution in [1.82, 2.24) is 9.97 Å². The summed E-state index contributed by atoms with van der Waals surface area (Å²) in [5, 5.41) is 0.393. The van der Waals surface area contributed by atoms with Gasteiger partial charge < -0.3 is 5.73 Å². The standard InChI is InChI=1S/C15H17ClFN3/c1-2-12(18)9-13-5-6-19-15(20-13)7-10-3-4-11(17)8-14(10)16/h3-6,8,12H,2,7,9,18H2,1H3. The van der Waals surface area contributed by atoms with Gasteiger partial charge in [0.25, 0.3) is 0 Å². The van der Waals surface area contributed by atoms with E-state index in [2.05, 4.69) is 9.97 Å². The number of halogens is 2. The summed E-state index contributed by atoms with van der Waals surface area (Å²) in [6, 6.07) is 6.31. The lowest BCUT2D eigenvalue weighted by atomic mass is 10.1. The molecule has 0 fully saturated rings. The van der Waals surface area contributed by atoms with Gasteiger partial charge in [-0.1, -0.05) is 24.6 Å². The average Bonchev–Trinajstić information content (AvgIpc) is 2.42. The van der Waals surface area contributed by atoms with Crippen molar-refractivity contribution in [3.05, 3.63) is 58.4 Å². The fourth-order valence-electron chi connectivity index (χ4n) is 1.89. The van der Waals surface area contributed by atoms with Gasteiger partial charge in [-0.25, -0.2) is 14.4 Å². The quantitative estimate of drug-likeness (QED) is 0.921. The van der Waals surface area contributed by atoms with Crippen molar-refractivity contribution >= 4 is 11.6 Å². The van der Waals surface area contributed by atoms with Gasteiger partial charge in [0.2, 0.25) is 0 Å². The van der Waals surface area contributed by atoms with E-state index in [0.29, 0.717) is 17.3 Å². The predicted octanol–water partition coefficient (Wildman–Crippen LogP) is 3.14. The van der Waals surface area contributed by atoms with Crippen molar-refractivity contribution in [2.45, 2.75) is 32.2 Å². The Balaban J connectivity index is 2.15. The van der Waals surface area contributed by atoms with Crippen molar-refractivity contribution in [1.29, 1.82) is 0 Å². The Morgan fingerprint density at radius 1 is 1.35 bits per heavy atom. The van der Waals surface area contributed by atoms with E-state index in [9.17, 15) is 4.39 Å². The highest BCUT2D eigenvalue weighted by Gasteiger charge is 2.08. The molecule has 2 aromatic rings. The van der Waals surface area contributed by atoms with Crippen LogP contribution in [-0.4, -0.2) is 16.0 Å². The van der Waals surface area contributed by atoms with Crippen LogP contribution in [-0.2, 0) is 12.8 Å². The number of hydrogen-bond donors (Lipinski definition) is 1. The molecule has 0 bridgehead atoms. The molecule has 1 atom stereocenters. The molecule has 0 aliphatic carbocycles. The Morgan fingerprint density at radius 3 is 2.85 bits per heavy atom. The van der Waals surface area contributed by atoms with Crippen molar-refractivity contribution < 1.29 is 4.39 Å². The second-order valence-electron chi connectivity index (χ2n) is 4.75. The SMILES string of the molecule is CCC(N)Cc1ccnc(Cc2ccc(F)cc2Cl)n1. The molecule has 0 saturated heterocycles. The molecule has 2 N–H and O–H groups in total. The molecular weight excluding hydrogens is 277 g/mol. The molecule has 0 aliphatic heterocycles. The second kappa shape index (κ2) is 6.77. The fourth-order valence-corrected chi connectivity index (χ4v) is 2.12. The Kier molecular flexibility index (Phi) is 5.04. The summed E-state index contributed by atoms with van der Waals surface area (Å²) in [6.07, 6.45) is 3.83. The third kappa shape index (κ3) is 3.99. The number of rotatable bonds is 5. The predicted molar refractivity (Wildman–Crippen MR) is 78.2 cm³/mol. The molecule has 5 heteroatoms. The molecule has 0 radical (unpaired) electrons. The van der Waals surface area contributed by atoms with Crippen LogP contribution in [0.1, 0.15) is 30.4 Å². The van der Waals surface area contributed by atoms with E-state index in [1.54, 1.807) is 12.3 Å². The van der Waals surface area contributed by atoms with E-state index < -0.39 is 0 Å². The zero-order valence-electron chi connectivity index (χ0n) is 11.3. The molecule has 20 heavy (non-hydrogen) atoms. The minimum Gasteiger partial charge on any atom is -0.327 e. The van der Waals surface area contributed by atoms with Crippen molar-refractivity contribution in [3.8, 4) is 0 Å². The molecule has 0 spiro atoms. The van der Waals surface area contributed by atoms with E-state index in [0.717, 1.165) is 24.1 Å². The molecule has 1 heterocycles. The van der Waals surface area contributed by atoms with Gasteiger partial charge in [-0.2, -0.15) is 0 Å². The Labute approximate surface area is 123 Å². The van der Waals surface area contributed by atoms with Crippen LogP contribution in [0, 0.1) is 5.82 Å². The number of aromatic nitrogens is 2. The maximum atomic E-state index is 13.0. The fraction of sp³-hybridized carbons (Fsp3) is 0.333. The van der Waals surface area contributed by atoms with Gasteiger partial charge in [-0.3, -0.25) is 0 Å². The Morgan fingerprint density at radius 2 is 2.15 bits per heavy atom.